The molecule has 3 nitrogen and oxygen atoms in total. The monoisotopic (exact) mass is 307 g/mol. The number of ether oxygens (including phenoxy) is 1. The third-order valence-electron chi connectivity index (χ3n) is 4.41. The number of aliphatic imine (C=N–C) groups is 1. The second-order valence-electron chi connectivity index (χ2n) is 5.92. The average Bonchev–Trinajstić information content (AvgIpc) is 2.99. The lowest BCUT2D eigenvalue weighted by atomic mass is 9.78. The minimum Gasteiger partial charge on any atom is -0.464 e. The summed E-state index contributed by atoms with van der Waals surface area (Å²) in [5.41, 5.74) is 2.50. The summed E-state index contributed by atoms with van der Waals surface area (Å²) in [5.74, 6) is -0.348. The van der Waals surface area contributed by atoms with Crippen LogP contribution in [0.1, 0.15) is 31.2 Å². The highest BCUT2D eigenvalue weighted by Crippen LogP contribution is 2.41. The summed E-state index contributed by atoms with van der Waals surface area (Å²) in [7, 11) is 1.40. The number of fused-ring (bicyclic) bond motifs is 1. The Morgan fingerprint density at radius 1 is 1.22 bits per heavy atom. The Morgan fingerprint density at radius 2 is 2.04 bits per heavy atom. The standard InChI is InChI=1S/C20H21NO2/c1-23-19(22)18-15-17-12-6-8-14-20(17,21-18)13-7-5-11-16-9-3-2-4-10-16/h2-5,7,9-11,13,15H,6,8,12,14H2,1H3. The molecule has 0 bridgehead atoms. The summed E-state index contributed by atoms with van der Waals surface area (Å²) in [5, 5.41) is 0. The van der Waals surface area contributed by atoms with E-state index in [4.69, 9.17) is 4.74 Å². The fourth-order valence-electron chi connectivity index (χ4n) is 3.21. The molecule has 118 valence electrons. The van der Waals surface area contributed by atoms with Gasteiger partial charge in [0.2, 0.25) is 0 Å². The topological polar surface area (TPSA) is 38.7 Å². The first-order chi connectivity index (χ1) is 11.2. The highest BCUT2D eigenvalue weighted by atomic mass is 16.5. The van der Waals surface area contributed by atoms with Crippen LogP contribution in [-0.4, -0.2) is 24.3 Å². The second-order valence-corrected chi connectivity index (χ2v) is 5.92. The molecule has 1 aromatic carbocycles. The van der Waals surface area contributed by atoms with E-state index < -0.39 is 0 Å². The van der Waals surface area contributed by atoms with Crippen molar-refractivity contribution >= 4 is 17.8 Å². The second kappa shape index (κ2) is 6.78. The van der Waals surface area contributed by atoms with Crippen LogP contribution >= 0.6 is 0 Å². The number of hydrogen-bond donors (Lipinski definition) is 0. The van der Waals surface area contributed by atoms with Gasteiger partial charge in [0.15, 0.2) is 0 Å². The molecule has 0 spiro atoms. The van der Waals surface area contributed by atoms with Gasteiger partial charge < -0.3 is 4.74 Å². The van der Waals surface area contributed by atoms with Gasteiger partial charge in [-0.2, -0.15) is 0 Å². The first kappa shape index (κ1) is 15.5. The highest BCUT2D eigenvalue weighted by Gasteiger charge is 2.38. The van der Waals surface area contributed by atoms with E-state index in [2.05, 4.69) is 29.3 Å². The van der Waals surface area contributed by atoms with Gasteiger partial charge in [0.05, 0.1) is 7.11 Å². The lowest BCUT2D eigenvalue weighted by Crippen LogP contribution is -2.28. The zero-order chi connectivity index (χ0) is 16.1. The maximum Gasteiger partial charge on any atom is 0.356 e. The Morgan fingerprint density at radius 3 is 2.83 bits per heavy atom. The van der Waals surface area contributed by atoms with Gasteiger partial charge in [-0.05, 0) is 36.5 Å². The largest absolute Gasteiger partial charge is 0.464 e. The minimum atomic E-state index is -0.348. The number of benzene rings is 1. The molecule has 3 rings (SSSR count). The first-order valence-electron chi connectivity index (χ1n) is 8.04. The summed E-state index contributed by atoms with van der Waals surface area (Å²) >= 11 is 0. The summed E-state index contributed by atoms with van der Waals surface area (Å²) in [6.07, 6.45) is 14.4. The number of carbonyl (C=O) groups is 1. The molecule has 2 aliphatic rings. The van der Waals surface area contributed by atoms with Crippen molar-refractivity contribution in [2.45, 2.75) is 31.2 Å². The van der Waals surface area contributed by atoms with Crippen LogP contribution in [0.25, 0.3) is 6.08 Å². The van der Waals surface area contributed by atoms with Crippen LogP contribution in [0, 0.1) is 0 Å². The van der Waals surface area contributed by atoms with E-state index in [0.29, 0.717) is 5.71 Å². The normalized spacial score (nSPS) is 23.7. The molecule has 1 saturated carbocycles. The molecule has 3 heteroatoms. The Bertz CT molecular complexity index is 698. The Kier molecular flexibility index (Phi) is 4.56. The fraction of sp³-hybridized carbons (Fsp3) is 0.300. The van der Waals surface area contributed by atoms with Crippen LogP contribution in [0.3, 0.4) is 0 Å². The predicted molar refractivity (Wildman–Crippen MR) is 93.3 cm³/mol. The molecule has 1 aliphatic heterocycles. The SMILES string of the molecule is COC(=O)C1=NC2(C=CC=Cc3ccccc3)CCCCC2=C1. The molecule has 1 heterocycles. The number of rotatable bonds is 4. The van der Waals surface area contributed by atoms with E-state index in [1.807, 2.05) is 36.4 Å². The maximum atomic E-state index is 11.8. The van der Waals surface area contributed by atoms with E-state index in [1.165, 1.54) is 18.2 Å². The summed E-state index contributed by atoms with van der Waals surface area (Å²) in [6, 6.07) is 10.2. The molecular formula is C20H21NO2. The van der Waals surface area contributed by atoms with Crippen LogP contribution in [0.15, 0.2) is 65.2 Å². The third-order valence-corrected chi connectivity index (χ3v) is 4.41. The Hall–Kier alpha value is -2.42. The number of methoxy groups -OCH3 is 1. The smallest absolute Gasteiger partial charge is 0.356 e. The van der Waals surface area contributed by atoms with Crippen LogP contribution in [-0.2, 0) is 9.53 Å². The molecule has 0 radical (unpaired) electrons. The number of nitrogens with zero attached hydrogens (tertiary/aromatic N) is 1. The molecule has 23 heavy (non-hydrogen) atoms. The maximum absolute atomic E-state index is 11.8. The molecule has 1 fully saturated rings. The van der Waals surface area contributed by atoms with Crippen molar-refractivity contribution in [3.05, 3.63) is 65.8 Å². The molecular weight excluding hydrogens is 286 g/mol. The molecule has 1 unspecified atom stereocenters. The zero-order valence-electron chi connectivity index (χ0n) is 13.4. The molecule has 0 saturated heterocycles. The first-order valence-corrected chi connectivity index (χ1v) is 8.04. The van der Waals surface area contributed by atoms with Crippen molar-refractivity contribution in [3.63, 3.8) is 0 Å². The minimum absolute atomic E-state index is 0.344. The van der Waals surface area contributed by atoms with Crippen molar-refractivity contribution in [2.24, 2.45) is 4.99 Å². The molecule has 0 amide bonds. The van der Waals surface area contributed by atoms with Gasteiger partial charge >= 0.3 is 5.97 Å². The van der Waals surface area contributed by atoms with Crippen molar-refractivity contribution in [1.82, 2.24) is 0 Å². The fourth-order valence-corrected chi connectivity index (χ4v) is 3.21. The Labute approximate surface area is 137 Å². The van der Waals surface area contributed by atoms with Crippen LogP contribution in [0.5, 0.6) is 0 Å². The van der Waals surface area contributed by atoms with Gasteiger partial charge in [0.1, 0.15) is 11.3 Å². The number of carbonyl (C=O) groups excluding carboxylic acids is 1. The molecule has 1 aromatic rings. The van der Waals surface area contributed by atoms with E-state index in [-0.39, 0.29) is 11.5 Å². The summed E-state index contributed by atoms with van der Waals surface area (Å²) in [4.78, 5) is 16.5. The van der Waals surface area contributed by atoms with E-state index in [1.54, 1.807) is 0 Å². The zero-order valence-corrected chi connectivity index (χ0v) is 13.4. The van der Waals surface area contributed by atoms with E-state index >= 15 is 0 Å². The van der Waals surface area contributed by atoms with E-state index in [9.17, 15) is 4.79 Å². The van der Waals surface area contributed by atoms with Gasteiger partial charge in [-0.25, -0.2) is 4.79 Å². The third kappa shape index (κ3) is 3.34. The molecule has 1 aliphatic carbocycles. The van der Waals surface area contributed by atoms with Gasteiger partial charge in [0, 0.05) is 0 Å². The molecule has 1 atom stereocenters. The summed E-state index contributed by atoms with van der Waals surface area (Å²) < 4.78 is 4.82. The average molecular weight is 307 g/mol. The van der Waals surface area contributed by atoms with Gasteiger partial charge in [-0.1, -0.05) is 61.1 Å². The van der Waals surface area contributed by atoms with Crippen LogP contribution in [0.2, 0.25) is 0 Å². The number of allylic oxidation sites excluding steroid dienone is 2. The van der Waals surface area contributed by atoms with Gasteiger partial charge in [-0.15, -0.1) is 0 Å². The quantitative estimate of drug-likeness (QED) is 0.620. The number of esters is 1. The Balaban J connectivity index is 1.80. The number of hydrogen-bond acceptors (Lipinski definition) is 3. The summed E-state index contributed by atoms with van der Waals surface area (Å²) in [6.45, 7) is 0. The van der Waals surface area contributed by atoms with Gasteiger partial charge in [-0.3, -0.25) is 4.99 Å². The van der Waals surface area contributed by atoms with E-state index in [0.717, 1.165) is 25.7 Å². The highest BCUT2D eigenvalue weighted by molar-refractivity contribution is 6.42. The predicted octanol–water partition coefficient (Wildman–Crippen LogP) is 4.12. The van der Waals surface area contributed by atoms with Crippen LogP contribution < -0.4 is 0 Å². The molecule has 0 aromatic heterocycles. The van der Waals surface area contributed by atoms with Crippen LogP contribution in [0.4, 0.5) is 0 Å². The van der Waals surface area contributed by atoms with Crippen molar-refractivity contribution in [1.29, 1.82) is 0 Å². The van der Waals surface area contributed by atoms with Gasteiger partial charge in [0.25, 0.3) is 0 Å². The lowest BCUT2D eigenvalue weighted by molar-refractivity contribution is -0.132. The van der Waals surface area contributed by atoms with Crippen molar-refractivity contribution in [2.75, 3.05) is 7.11 Å². The molecule has 0 N–H and O–H groups in total. The van der Waals surface area contributed by atoms with Crippen molar-refractivity contribution in [3.8, 4) is 0 Å². The lowest BCUT2D eigenvalue weighted by Gasteiger charge is -2.30. The van der Waals surface area contributed by atoms with Crippen molar-refractivity contribution < 1.29 is 9.53 Å².